The van der Waals surface area contributed by atoms with E-state index in [4.69, 9.17) is 4.74 Å². The summed E-state index contributed by atoms with van der Waals surface area (Å²) >= 11 is 0. The van der Waals surface area contributed by atoms with Crippen LogP contribution in [0.5, 0.6) is 0 Å². The first-order valence-corrected chi connectivity index (χ1v) is 8.76. The first-order valence-electron chi connectivity index (χ1n) is 8.76. The number of piperidine rings is 1. The van der Waals surface area contributed by atoms with Crippen molar-refractivity contribution in [3.8, 4) is 0 Å². The molecule has 3 fully saturated rings. The molecule has 4 heteroatoms. The van der Waals surface area contributed by atoms with Crippen molar-refractivity contribution in [2.24, 2.45) is 17.8 Å². The van der Waals surface area contributed by atoms with Crippen LogP contribution in [-0.2, 0) is 9.53 Å². The molecule has 2 N–H and O–H groups in total. The van der Waals surface area contributed by atoms with E-state index in [9.17, 15) is 4.79 Å². The Morgan fingerprint density at radius 2 is 1.95 bits per heavy atom. The lowest BCUT2D eigenvalue weighted by Crippen LogP contribution is -2.40. The summed E-state index contributed by atoms with van der Waals surface area (Å²) in [6.07, 6.45) is 7.10. The van der Waals surface area contributed by atoms with Crippen molar-refractivity contribution in [2.75, 3.05) is 13.2 Å². The molecule has 3 aliphatic rings. The molecule has 21 heavy (non-hydrogen) atoms. The molecular formula is C17H30N2O2. The molecule has 0 aromatic rings. The van der Waals surface area contributed by atoms with E-state index in [1.165, 1.54) is 25.7 Å². The Bertz CT molecular complexity index is 360. The van der Waals surface area contributed by atoms with Crippen molar-refractivity contribution in [3.05, 3.63) is 0 Å². The van der Waals surface area contributed by atoms with Gasteiger partial charge in [-0.3, -0.25) is 4.79 Å². The zero-order chi connectivity index (χ0) is 14.8. The maximum absolute atomic E-state index is 12.2. The van der Waals surface area contributed by atoms with E-state index in [2.05, 4.69) is 24.5 Å². The standard InChI is InChI=1S/C17H30N2O2/c1-11(2)17-13(5-6-21-17)10-18-16(20)9-12-7-14-3-4-15(8-12)19-14/h11-15,17,19H,3-10H2,1-2H3,(H,18,20). The number of hydrogen-bond donors (Lipinski definition) is 2. The van der Waals surface area contributed by atoms with Crippen LogP contribution in [-0.4, -0.2) is 37.2 Å². The molecule has 0 aliphatic carbocycles. The number of ether oxygens (including phenoxy) is 1. The number of hydrogen-bond acceptors (Lipinski definition) is 3. The van der Waals surface area contributed by atoms with E-state index < -0.39 is 0 Å². The zero-order valence-corrected chi connectivity index (χ0v) is 13.4. The fourth-order valence-corrected chi connectivity index (χ4v) is 4.53. The number of amides is 1. The van der Waals surface area contributed by atoms with Crippen LogP contribution in [0.15, 0.2) is 0 Å². The van der Waals surface area contributed by atoms with Gasteiger partial charge in [-0.05, 0) is 43.9 Å². The lowest BCUT2D eigenvalue weighted by Gasteiger charge is -2.29. The number of nitrogens with one attached hydrogen (secondary N) is 2. The lowest BCUT2D eigenvalue weighted by molar-refractivity contribution is -0.122. The third kappa shape index (κ3) is 3.78. The second-order valence-electron chi connectivity index (χ2n) is 7.61. The van der Waals surface area contributed by atoms with Gasteiger partial charge in [0, 0.05) is 37.6 Å². The monoisotopic (exact) mass is 294 g/mol. The van der Waals surface area contributed by atoms with Crippen molar-refractivity contribution in [3.63, 3.8) is 0 Å². The zero-order valence-electron chi connectivity index (χ0n) is 13.4. The molecule has 0 aromatic heterocycles. The Balaban J connectivity index is 1.40. The van der Waals surface area contributed by atoms with Crippen molar-refractivity contribution in [1.82, 2.24) is 10.6 Å². The van der Waals surface area contributed by atoms with Gasteiger partial charge >= 0.3 is 0 Å². The quantitative estimate of drug-likeness (QED) is 0.816. The summed E-state index contributed by atoms with van der Waals surface area (Å²) in [5.41, 5.74) is 0. The fraction of sp³-hybridized carbons (Fsp3) is 0.941. The number of carbonyl (C=O) groups excluding carboxylic acids is 1. The van der Waals surface area contributed by atoms with Crippen LogP contribution in [0, 0.1) is 17.8 Å². The maximum Gasteiger partial charge on any atom is 0.220 e. The topological polar surface area (TPSA) is 50.4 Å². The molecule has 0 spiro atoms. The first kappa shape index (κ1) is 15.3. The Morgan fingerprint density at radius 3 is 2.62 bits per heavy atom. The summed E-state index contributed by atoms with van der Waals surface area (Å²) in [7, 11) is 0. The highest BCUT2D eigenvalue weighted by Gasteiger charge is 2.35. The van der Waals surface area contributed by atoms with Crippen LogP contribution >= 0.6 is 0 Å². The van der Waals surface area contributed by atoms with Crippen LogP contribution in [0.1, 0.15) is 52.4 Å². The second kappa shape index (κ2) is 6.66. The molecule has 4 nitrogen and oxygen atoms in total. The average Bonchev–Trinajstić information content (AvgIpc) is 3.03. The van der Waals surface area contributed by atoms with Crippen LogP contribution in [0.4, 0.5) is 0 Å². The molecule has 3 aliphatic heterocycles. The van der Waals surface area contributed by atoms with Crippen molar-refractivity contribution in [1.29, 1.82) is 0 Å². The summed E-state index contributed by atoms with van der Waals surface area (Å²) in [6.45, 7) is 6.05. The predicted octanol–water partition coefficient (Wildman–Crippen LogP) is 2.08. The van der Waals surface area contributed by atoms with Crippen molar-refractivity contribution in [2.45, 2.75) is 70.6 Å². The van der Waals surface area contributed by atoms with Gasteiger partial charge in [-0.1, -0.05) is 13.8 Å². The van der Waals surface area contributed by atoms with Gasteiger partial charge in [0.1, 0.15) is 0 Å². The summed E-state index contributed by atoms with van der Waals surface area (Å²) in [5.74, 6) is 1.87. The number of rotatable bonds is 5. The Morgan fingerprint density at radius 1 is 1.24 bits per heavy atom. The van der Waals surface area contributed by atoms with Gasteiger partial charge in [-0.15, -0.1) is 0 Å². The van der Waals surface area contributed by atoms with E-state index in [1.54, 1.807) is 0 Å². The molecule has 3 heterocycles. The molecule has 0 radical (unpaired) electrons. The third-order valence-electron chi connectivity index (χ3n) is 5.53. The van der Waals surface area contributed by atoms with E-state index in [0.29, 0.717) is 42.4 Å². The van der Waals surface area contributed by atoms with Gasteiger partial charge < -0.3 is 15.4 Å². The minimum absolute atomic E-state index is 0.246. The van der Waals surface area contributed by atoms with Gasteiger partial charge in [-0.25, -0.2) is 0 Å². The summed E-state index contributed by atoms with van der Waals surface area (Å²) in [6, 6.07) is 1.35. The van der Waals surface area contributed by atoms with Crippen molar-refractivity contribution >= 4 is 5.91 Å². The molecule has 120 valence electrons. The Hall–Kier alpha value is -0.610. The smallest absolute Gasteiger partial charge is 0.220 e. The molecular weight excluding hydrogens is 264 g/mol. The predicted molar refractivity (Wildman–Crippen MR) is 83.0 cm³/mol. The molecule has 2 bridgehead atoms. The molecule has 4 atom stereocenters. The van der Waals surface area contributed by atoms with Crippen LogP contribution in [0.3, 0.4) is 0 Å². The summed E-state index contributed by atoms with van der Waals surface area (Å²) in [5, 5.41) is 6.81. The van der Waals surface area contributed by atoms with Crippen LogP contribution in [0.2, 0.25) is 0 Å². The highest BCUT2D eigenvalue weighted by atomic mass is 16.5. The summed E-state index contributed by atoms with van der Waals surface area (Å²) in [4.78, 5) is 12.2. The Kier molecular flexibility index (Phi) is 4.85. The molecule has 3 saturated heterocycles. The molecule has 3 rings (SSSR count). The molecule has 4 unspecified atom stereocenters. The maximum atomic E-state index is 12.2. The van der Waals surface area contributed by atoms with Gasteiger partial charge in [-0.2, -0.15) is 0 Å². The largest absolute Gasteiger partial charge is 0.378 e. The summed E-state index contributed by atoms with van der Waals surface area (Å²) < 4.78 is 5.79. The normalized spacial score (nSPS) is 38.9. The highest BCUT2D eigenvalue weighted by molar-refractivity contribution is 5.76. The molecule has 1 amide bonds. The lowest BCUT2D eigenvalue weighted by atomic mass is 9.89. The SMILES string of the molecule is CC(C)C1OCCC1CNC(=O)CC1CC2CCC(C1)N2. The molecule has 0 aromatic carbocycles. The van der Waals surface area contributed by atoms with Crippen molar-refractivity contribution < 1.29 is 9.53 Å². The minimum Gasteiger partial charge on any atom is -0.378 e. The Labute approximate surface area is 128 Å². The number of fused-ring (bicyclic) bond motifs is 2. The third-order valence-corrected chi connectivity index (χ3v) is 5.53. The average molecular weight is 294 g/mol. The van der Waals surface area contributed by atoms with E-state index >= 15 is 0 Å². The van der Waals surface area contributed by atoms with Gasteiger partial charge in [0.25, 0.3) is 0 Å². The van der Waals surface area contributed by atoms with E-state index in [1.807, 2.05) is 0 Å². The highest BCUT2D eigenvalue weighted by Crippen LogP contribution is 2.32. The second-order valence-corrected chi connectivity index (χ2v) is 7.61. The van der Waals surface area contributed by atoms with Crippen LogP contribution < -0.4 is 10.6 Å². The first-order chi connectivity index (χ1) is 10.1. The van der Waals surface area contributed by atoms with E-state index in [-0.39, 0.29) is 5.91 Å². The van der Waals surface area contributed by atoms with Crippen LogP contribution in [0.25, 0.3) is 0 Å². The number of carbonyl (C=O) groups is 1. The molecule has 0 saturated carbocycles. The minimum atomic E-state index is 0.246. The van der Waals surface area contributed by atoms with Gasteiger partial charge in [0.05, 0.1) is 6.10 Å². The van der Waals surface area contributed by atoms with E-state index in [0.717, 1.165) is 19.6 Å². The van der Waals surface area contributed by atoms with Gasteiger partial charge in [0.15, 0.2) is 0 Å². The van der Waals surface area contributed by atoms with Gasteiger partial charge in [0.2, 0.25) is 5.91 Å². The fourth-order valence-electron chi connectivity index (χ4n) is 4.53.